The number of rotatable bonds is 3. The molecule has 0 radical (unpaired) electrons. The summed E-state index contributed by atoms with van der Waals surface area (Å²) in [7, 11) is -0.854. The van der Waals surface area contributed by atoms with Crippen molar-refractivity contribution in [1.82, 2.24) is 9.55 Å². The van der Waals surface area contributed by atoms with E-state index < -0.39 is 10.8 Å². The van der Waals surface area contributed by atoms with Crippen LogP contribution in [0.5, 0.6) is 0 Å². The molecule has 0 fully saturated rings. The van der Waals surface area contributed by atoms with E-state index in [9.17, 15) is 9.00 Å². The van der Waals surface area contributed by atoms with Gasteiger partial charge in [-0.25, -0.2) is 0 Å². The Morgan fingerprint density at radius 2 is 2.42 bits per heavy atom. The smallest absolute Gasteiger partial charge is 0.269 e. The summed E-state index contributed by atoms with van der Waals surface area (Å²) >= 11 is 0. The minimum absolute atomic E-state index is 0.150. The molecule has 0 N–H and O–H groups in total. The summed E-state index contributed by atoms with van der Waals surface area (Å²) in [6.07, 6.45) is 6.00. The van der Waals surface area contributed by atoms with E-state index in [4.69, 9.17) is 0 Å². The molecule has 1 heterocycles. The van der Waals surface area contributed by atoms with Gasteiger partial charge in [-0.2, -0.15) is 0 Å². The molecule has 0 aliphatic heterocycles. The Morgan fingerprint density at radius 1 is 1.67 bits per heavy atom. The van der Waals surface area contributed by atoms with E-state index in [0.717, 1.165) is 0 Å². The van der Waals surface area contributed by atoms with Crippen LogP contribution in [0.15, 0.2) is 23.4 Å². The first-order valence-electron chi connectivity index (χ1n) is 3.50. The molecule has 0 aliphatic carbocycles. The van der Waals surface area contributed by atoms with Crippen LogP contribution in [0.4, 0.5) is 0 Å². The number of hydrogen-bond donors (Lipinski definition) is 0. The molecule has 0 aliphatic rings. The van der Waals surface area contributed by atoms with Crippen molar-refractivity contribution in [1.29, 1.82) is 0 Å². The van der Waals surface area contributed by atoms with Crippen LogP contribution in [0.25, 0.3) is 0 Å². The van der Waals surface area contributed by atoms with E-state index in [1.54, 1.807) is 18.6 Å². The summed E-state index contributed by atoms with van der Waals surface area (Å²) in [6, 6.07) is 0. The van der Waals surface area contributed by atoms with Crippen LogP contribution in [0.2, 0.25) is 0 Å². The Kier molecular flexibility index (Phi) is 3.16. The van der Waals surface area contributed by atoms with Crippen LogP contribution in [0, 0.1) is 0 Å². The molecule has 5 heteroatoms. The minimum atomic E-state index is -0.854. The molecule has 0 bridgehead atoms. The highest BCUT2D eigenvalue weighted by atomic mass is 32.2. The standard InChI is InChI=1S/C7H10N2O2S/c1-12(11)5-4-9-3-2-8-6-7(9)10/h2-3,6H,4-5H2,1H3. The minimum Gasteiger partial charge on any atom is -0.312 e. The molecule has 66 valence electrons. The number of hydrogen-bond acceptors (Lipinski definition) is 3. The number of aromatic nitrogens is 2. The molecule has 4 nitrogen and oxygen atoms in total. The van der Waals surface area contributed by atoms with Gasteiger partial charge in [0.05, 0.1) is 6.20 Å². The molecule has 1 rings (SSSR count). The molecule has 0 spiro atoms. The SMILES string of the molecule is CS(=O)CCn1ccncc1=O. The van der Waals surface area contributed by atoms with Crippen molar-refractivity contribution in [3.63, 3.8) is 0 Å². The second kappa shape index (κ2) is 4.15. The van der Waals surface area contributed by atoms with E-state index in [0.29, 0.717) is 12.3 Å². The zero-order chi connectivity index (χ0) is 8.97. The lowest BCUT2D eigenvalue weighted by Crippen LogP contribution is -2.21. The van der Waals surface area contributed by atoms with Crippen LogP contribution >= 0.6 is 0 Å². The van der Waals surface area contributed by atoms with Crippen molar-refractivity contribution in [2.45, 2.75) is 6.54 Å². The van der Waals surface area contributed by atoms with Gasteiger partial charge in [-0.1, -0.05) is 0 Å². The summed E-state index contributed by atoms with van der Waals surface area (Å²) in [6.45, 7) is 0.491. The van der Waals surface area contributed by atoms with Gasteiger partial charge >= 0.3 is 0 Å². The zero-order valence-electron chi connectivity index (χ0n) is 6.77. The second-order valence-electron chi connectivity index (χ2n) is 2.39. The maximum absolute atomic E-state index is 11.0. The molecule has 1 aromatic heterocycles. The van der Waals surface area contributed by atoms with Crippen LogP contribution in [0.3, 0.4) is 0 Å². The Morgan fingerprint density at radius 3 is 3.00 bits per heavy atom. The Balaban J connectivity index is 2.70. The fraction of sp³-hybridized carbons (Fsp3) is 0.429. The maximum atomic E-state index is 11.0. The maximum Gasteiger partial charge on any atom is 0.269 e. The molecule has 12 heavy (non-hydrogen) atoms. The first-order valence-corrected chi connectivity index (χ1v) is 5.23. The van der Waals surface area contributed by atoms with Crippen LogP contribution in [-0.4, -0.2) is 25.8 Å². The molecular weight excluding hydrogens is 176 g/mol. The molecule has 0 saturated carbocycles. The van der Waals surface area contributed by atoms with Gasteiger partial charge in [0.25, 0.3) is 5.56 Å². The average molecular weight is 186 g/mol. The molecule has 1 atom stereocenters. The first-order chi connectivity index (χ1) is 5.70. The average Bonchev–Trinajstić information content (AvgIpc) is 2.03. The number of nitrogens with zero attached hydrogens (tertiary/aromatic N) is 2. The molecule has 0 saturated heterocycles. The highest BCUT2D eigenvalue weighted by molar-refractivity contribution is 7.84. The van der Waals surface area contributed by atoms with E-state index in [2.05, 4.69) is 4.98 Å². The van der Waals surface area contributed by atoms with E-state index >= 15 is 0 Å². The largest absolute Gasteiger partial charge is 0.312 e. The summed E-state index contributed by atoms with van der Waals surface area (Å²) in [4.78, 5) is 14.7. The van der Waals surface area contributed by atoms with Gasteiger partial charge in [-0.3, -0.25) is 14.0 Å². The second-order valence-corrected chi connectivity index (χ2v) is 3.94. The van der Waals surface area contributed by atoms with Crippen LogP contribution in [-0.2, 0) is 17.3 Å². The molecule has 0 aromatic carbocycles. The van der Waals surface area contributed by atoms with Crippen molar-refractivity contribution >= 4 is 10.8 Å². The van der Waals surface area contributed by atoms with Gasteiger partial charge in [0.1, 0.15) is 0 Å². The third-order valence-electron chi connectivity index (χ3n) is 1.42. The summed E-state index contributed by atoms with van der Waals surface area (Å²) in [5.41, 5.74) is -0.150. The van der Waals surface area contributed by atoms with E-state index in [-0.39, 0.29) is 5.56 Å². The highest BCUT2D eigenvalue weighted by Gasteiger charge is 1.95. The van der Waals surface area contributed by atoms with Crippen molar-refractivity contribution in [2.24, 2.45) is 0 Å². The van der Waals surface area contributed by atoms with Gasteiger partial charge in [-0.05, 0) is 0 Å². The first kappa shape index (κ1) is 9.12. The fourth-order valence-corrected chi connectivity index (χ4v) is 1.24. The van der Waals surface area contributed by atoms with Crippen LogP contribution in [0.1, 0.15) is 0 Å². The van der Waals surface area contributed by atoms with Gasteiger partial charge in [0.2, 0.25) is 0 Å². The van der Waals surface area contributed by atoms with Crippen molar-refractivity contribution in [3.05, 3.63) is 28.9 Å². The van der Waals surface area contributed by atoms with E-state index in [1.165, 1.54) is 10.8 Å². The zero-order valence-corrected chi connectivity index (χ0v) is 7.58. The topological polar surface area (TPSA) is 52.0 Å². The Bertz CT molecular complexity index is 334. The lowest BCUT2D eigenvalue weighted by molar-refractivity contribution is 0.671. The Labute approximate surface area is 72.7 Å². The van der Waals surface area contributed by atoms with Crippen LogP contribution < -0.4 is 5.56 Å². The molecule has 1 aromatic rings. The molecular formula is C7H10N2O2S. The number of aryl methyl sites for hydroxylation is 1. The normalized spacial score (nSPS) is 12.8. The van der Waals surface area contributed by atoms with Crippen molar-refractivity contribution in [2.75, 3.05) is 12.0 Å². The molecule has 1 unspecified atom stereocenters. The van der Waals surface area contributed by atoms with Gasteiger partial charge in [0.15, 0.2) is 0 Å². The Hall–Kier alpha value is -0.970. The quantitative estimate of drug-likeness (QED) is 0.646. The third-order valence-corrected chi connectivity index (χ3v) is 2.18. The molecule has 0 amide bonds. The highest BCUT2D eigenvalue weighted by Crippen LogP contribution is 1.81. The van der Waals surface area contributed by atoms with Gasteiger partial charge in [-0.15, -0.1) is 0 Å². The van der Waals surface area contributed by atoms with Gasteiger partial charge in [0, 0.05) is 41.7 Å². The monoisotopic (exact) mass is 186 g/mol. The third kappa shape index (κ3) is 2.58. The van der Waals surface area contributed by atoms with E-state index in [1.807, 2.05) is 0 Å². The fourth-order valence-electron chi connectivity index (χ4n) is 0.785. The summed E-state index contributed by atoms with van der Waals surface area (Å²) < 4.78 is 12.2. The van der Waals surface area contributed by atoms with Crippen molar-refractivity contribution in [3.8, 4) is 0 Å². The summed E-state index contributed by atoms with van der Waals surface area (Å²) in [5.74, 6) is 0.504. The predicted octanol–water partition coefficient (Wildman–Crippen LogP) is -0.378. The predicted molar refractivity (Wildman–Crippen MR) is 47.4 cm³/mol. The summed E-state index contributed by atoms with van der Waals surface area (Å²) in [5, 5.41) is 0. The van der Waals surface area contributed by atoms with Crippen molar-refractivity contribution < 1.29 is 4.21 Å². The lowest BCUT2D eigenvalue weighted by Gasteiger charge is -2.01. The van der Waals surface area contributed by atoms with Gasteiger partial charge < -0.3 is 4.57 Å². The lowest BCUT2D eigenvalue weighted by atomic mass is 10.6.